The van der Waals surface area contributed by atoms with Gasteiger partial charge in [0.2, 0.25) is 5.91 Å². The number of carbonyl (C=O) groups is 1. The number of rotatable bonds is 7. The number of ether oxygens (including phenoxy) is 1. The van der Waals surface area contributed by atoms with Crippen molar-refractivity contribution in [3.8, 4) is 5.75 Å². The van der Waals surface area contributed by atoms with E-state index in [0.29, 0.717) is 13.0 Å². The lowest BCUT2D eigenvalue weighted by Gasteiger charge is -2.24. The Morgan fingerprint density at radius 2 is 1.95 bits per heavy atom. The van der Waals surface area contributed by atoms with E-state index < -0.39 is 0 Å². The van der Waals surface area contributed by atoms with Crippen molar-refractivity contribution in [2.24, 2.45) is 0 Å². The van der Waals surface area contributed by atoms with Crippen LogP contribution in [0.2, 0.25) is 0 Å². The van der Waals surface area contributed by atoms with E-state index in [4.69, 9.17) is 4.74 Å². The van der Waals surface area contributed by atoms with Crippen molar-refractivity contribution in [3.63, 3.8) is 0 Å². The molecule has 0 aliphatic carbocycles. The zero-order valence-electron chi connectivity index (χ0n) is 11.9. The maximum atomic E-state index is 11.2. The molecular weight excluding hydrogens is 242 g/mol. The Morgan fingerprint density at radius 3 is 2.42 bits per heavy atom. The van der Waals surface area contributed by atoms with Crippen LogP contribution in [0.1, 0.15) is 51.6 Å². The summed E-state index contributed by atoms with van der Waals surface area (Å²) in [5.41, 5.74) is 0.906. The maximum absolute atomic E-state index is 11.2. The molecule has 0 aliphatic heterocycles. The average molecular weight is 265 g/mol. The lowest BCUT2D eigenvalue weighted by atomic mass is 10.0. The van der Waals surface area contributed by atoms with Crippen LogP contribution in [0.5, 0.6) is 5.75 Å². The Labute approximate surface area is 114 Å². The van der Waals surface area contributed by atoms with Crippen molar-refractivity contribution in [1.82, 2.24) is 5.06 Å². The molecule has 0 spiro atoms. The van der Waals surface area contributed by atoms with Crippen LogP contribution in [0.25, 0.3) is 0 Å². The monoisotopic (exact) mass is 265 g/mol. The van der Waals surface area contributed by atoms with Gasteiger partial charge in [0.1, 0.15) is 5.75 Å². The Bertz CT molecular complexity index is 389. The number of hydroxylamine groups is 2. The van der Waals surface area contributed by atoms with E-state index in [0.717, 1.165) is 29.2 Å². The van der Waals surface area contributed by atoms with E-state index >= 15 is 0 Å². The lowest BCUT2D eigenvalue weighted by molar-refractivity contribution is -0.174. The Hall–Kier alpha value is -1.55. The molecule has 0 fully saturated rings. The summed E-state index contributed by atoms with van der Waals surface area (Å²) in [6.45, 7) is 6.12. The first-order valence-corrected chi connectivity index (χ1v) is 6.81. The number of benzene rings is 1. The first-order chi connectivity index (χ1) is 9.10. The Balaban J connectivity index is 2.70. The number of carbonyl (C=O) groups excluding carboxylic acids is 1. The van der Waals surface area contributed by atoms with E-state index in [9.17, 15) is 10.0 Å². The van der Waals surface area contributed by atoms with Crippen LogP contribution in [-0.4, -0.2) is 22.8 Å². The normalized spacial score (nSPS) is 12.0. The van der Waals surface area contributed by atoms with Crippen LogP contribution in [0.3, 0.4) is 0 Å². The van der Waals surface area contributed by atoms with E-state index in [1.54, 1.807) is 0 Å². The lowest BCUT2D eigenvalue weighted by Crippen LogP contribution is -2.29. The molecule has 1 atom stereocenters. The fourth-order valence-corrected chi connectivity index (χ4v) is 1.89. The molecule has 1 N–H and O–H groups in total. The minimum absolute atomic E-state index is 0.304. The van der Waals surface area contributed by atoms with Crippen LogP contribution in [0, 0.1) is 0 Å². The van der Waals surface area contributed by atoms with Gasteiger partial charge in [-0.15, -0.1) is 0 Å². The van der Waals surface area contributed by atoms with Gasteiger partial charge < -0.3 is 4.74 Å². The third kappa shape index (κ3) is 4.56. The molecule has 0 aliphatic rings. The summed E-state index contributed by atoms with van der Waals surface area (Å²) in [7, 11) is 0. The van der Waals surface area contributed by atoms with Gasteiger partial charge in [-0.05, 0) is 30.5 Å². The summed E-state index contributed by atoms with van der Waals surface area (Å²) < 4.78 is 5.58. The first-order valence-electron chi connectivity index (χ1n) is 6.81. The summed E-state index contributed by atoms with van der Waals surface area (Å²) in [6, 6.07) is 7.23. The van der Waals surface area contributed by atoms with Crippen LogP contribution in [-0.2, 0) is 4.79 Å². The van der Waals surface area contributed by atoms with Gasteiger partial charge in [0.15, 0.2) is 0 Å². The molecule has 0 radical (unpaired) electrons. The van der Waals surface area contributed by atoms with Gasteiger partial charge in [-0.2, -0.15) is 0 Å². The molecule has 4 nitrogen and oxygen atoms in total. The summed E-state index contributed by atoms with van der Waals surface area (Å²) in [4.78, 5) is 11.2. The predicted molar refractivity (Wildman–Crippen MR) is 74.2 cm³/mol. The molecule has 106 valence electrons. The molecule has 0 bridgehead atoms. The molecule has 0 saturated carbocycles. The number of hydrogen-bond donors (Lipinski definition) is 1. The fourth-order valence-electron chi connectivity index (χ4n) is 1.89. The minimum Gasteiger partial charge on any atom is -0.494 e. The third-order valence-corrected chi connectivity index (χ3v) is 3.04. The van der Waals surface area contributed by atoms with Crippen molar-refractivity contribution in [3.05, 3.63) is 29.8 Å². The van der Waals surface area contributed by atoms with Gasteiger partial charge >= 0.3 is 0 Å². The standard InChI is InChI=1S/C15H23NO3/c1-4-6-11-19-14-9-7-13(8-10-14)15(5-2)16(18)12(3)17/h7-10,15,18H,4-6,11H2,1-3H3. The molecule has 1 unspecified atom stereocenters. The molecular formula is C15H23NO3. The first kappa shape index (κ1) is 15.5. The molecule has 0 heterocycles. The van der Waals surface area contributed by atoms with E-state index in [1.807, 2.05) is 31.2 Å². The highest BCUT2D eigenvalue weighted by Gasteiger charge is 2.19. The number of nitrogens with zero attached hydrogens (tertiary/aromatic N) is 1. The number of hydrogen-bond acceptors (Lipinski definition) is 3. The van der Waals surface area contributed by atoms with Gasteiger partial charge in [0, 0.05) is 6.92 Å². The largest absolute Gasteiger partial charge is 0.494 e. The summed E-state index contributed by atoms with van der Waals surface area (Å²) >= 11 is 0. The van der Waals surface area contributed by atoms with Gasteiger partial charge in [-0.1, -0.05) is 32.4 Å². The number of unbranched alkanes of at least 4 members (excludes halogenated alkanes) is 1. The molecule has 4 heteroatoms. The summed E-state index contributed by atoms with van der Waals surface area (Å²) in [5.74, 6) is 0.467. The quantitative estimate of drug-likeness (QED) is 0.466. The smallest absolute Gasteiger partial charge is 0.243 e. The predicted octanol–water partition coefficient (Wildman–Crippen LogP) is 3.55. The fraction of sp³-hybridized carbons (Fsp3) is 0.533. The molecule has 1 amide bonds. The van der Waals surface area contributed by atoms with Gasteiger partial charge in [0.25, 0.3) is 0 Å². The van der Waals surface area contributed by atoms with Crippen molar-refractivity contribution < 1.29 is 14.7 Å². The summed E-state index contributed by atoms with van der Waals surface area (Å²) in [6.07, 6.45) is 2.80. The highest BCUT2D eigenvalue weighted by Crippen LogP contribution is 2.24. The van der Waals surface area contributed by atoms with Gasteiger partial charge in [-0.3, -0.25) is 10.0 Å². The maximum Gasteiger partial charge on any atom is 0.243 e. The van der Waals surface area contributed by atoms with Crippen molar-refractivity contribution >= 4 is 5.91 Å². The molecule has 0 saturated heterocycles. The second-order valence-electron chi connectivity index (χ2n) is 4.56. The number of amides is 1. The van der Waals surface area contributed by atoms with Crippen LogP contribution in [0.4, 0.5) is 0 Å². The zero-order valence-corrected chi connectivity index (χ0v) is 11.9. The minimum atomic E-state index is -0.352. The molecule has 0 aromatic heterocycles. The molecule has 1 aromatic carbocycles. The summed E-state index contributed by atoms with van der Waals surface area (Å²) in [5, 5.41) is 10.5. The van der Waals surface area contributed by atoms with E-state index in [1.165, 1.54) is 6.92 Å². The van der Waals surface area contributed by atoms with Gasteiger partial charge in [0.05, 0.1) is 12.6 Å². The van der Waals surface area contributed by atoms with Crippen molar-refractivity contribution in [2.45, 2.75) is 46.1 Å². The second-order valence-corrected chi connectivity index (χ2v) is 4.56. The van der Waals surface area contributed by atoms with Gasteiger partial charge in [-0.25, -0.2) is 5.06 Å². The molecule has 1 rings (SSSR count). The van der Waals surface area contributed by atoms with Crippen molar-refractivity contribution in [2.75, 3.05) is 6.61 Å². The van der Waals surface area contributed by atoms with Crippen LogP contribution in [0.15, 0.2) is 24.3 Å². The Kier molecular flexibility index (Phi) is 6.36. The highest BCUT2D eigenvalue weighted by molar-refractivity contribution is 5.72. The average Bonchev–Trinajstić information content (AvgIpc) is 2.41. The van der Waals surface area contributed by atoms with Crippen LogP contribution >= 0.6 is 0 Å². The molecule has 1 aromatic rings. The topological polar surface area (TPSA) is 49.8 Å². The van der Waals surface area contributed by atoms with Crippen LogP contribution < -0.4 is 4.74 Å². The van der Waals surface area contributed by atoms with Crippen molar-refractivity contribution in [1.29, 1.82) is 0 Å². The second kappa shape index (κ2) is 7.79. The zero-order chi connectivity index (χ0) is 14.3. The van der Waals surface area contributed by atoms with E-state index in [-0.39, 0.29) is 11.9 Å². The van der Waals surface area contributed by atoms with E-state index in [2.05, 4.69) is 6.92 Å². The highest BCUT2D eigenvalue weighted by atomic mass is 16.5. The Morgan fingerprint density at radius 1 is 1.32 bits per heavy atom. The third-order valence-electron chi connectivity index (χ3n) is 3.04. The molecule has 19 heavy (non-hydrogen) atoms. The SMILES string of the molecule is CCCCOc1ccc(C(CC)N(O)C(C)=O)cc1.